The molecule has 8 heteroatoms. The number of nitrogens with zero attached hydrogens (tertiary/aromatic N) is 1. The first kappa shape index (κ1) is 19.3. The highest BCUT2D eigenvalue weighted by Gasteiger charge is 2.32. The van der Waals surface area contributed by atoms with Gasteiger partial charge in [0.2, 0.25) is 5.89 Å². The number of aliphatic carboxylic acids is 1. The normalized spacial score (nSPS) is 13.1. The van der Waals surface area contributed by atoms with Crippen LogP contribution in [0.5, 0.6) is 0 Å². The molecule has 2 amide bonds. The molecule has 0 saturated carbocycles. The first-order chi connectivity index (χ1) is 13.2. The van der Waals surface area contributed by atoms with Gasteiger partial charge in [-0.15, -0.1) is 0 Å². The molecule has 146 valence electrons. The topological polar surface area (TPSA) is 104 Å². The van der Waals surface area contributed by atoms with Gasteiger partial charge in [-0.1, -0.05) is 13.0 Å². The van der Waals surface area contributed by atoms with E-state index < -0.39 is 23.4 Å². The van der Waals surface area contributed by atoms with Crippen molar-refractivity contribution in [2.24, 2.45) is 0 Å². The summed E-state index contributed by atoms with van der Waals surface area (Å²) in [5.41, 5.74) is 1.18. The Bertz CT molecular complexity index is 1060. The van der Waals surface area contributed by atoms with Crippen molar-refractivity contribution in [1.82, 2.24) is 10.3 Å². The van der Waals surface area contributed by atoms with Crippen molar-refractivity contribution in [3.63, 3.8) is 0 Å². The molecule has 28 heavy (non-hydrogen) atoms. The Morgan fingerprint density at radius 2 is 2.00 bits per heavy atom. The van der Waals surface area contributed by atoms with Crippen LogP contribution in [0.15, 0.2) is 40.8 Å². The summed E-state index contributed by atoms with van der Waals surface area (Å²) in [6.07, 6.45) is 0.175. The molecule has 2 aromatic carbocycles. The summed E-state index contributed by atoms with van der Waals surface area (Å²) in [5.74, 6) is -1.60. The molecule has 3 rings (SSSR count). The number of amides is 2. The van der Waals surface area contributed by atoms with Gasteiger partial charge in [0.1, 0.15) is 16.9 Å². The number of aryl methyl sites for hydroxylation is 1. The van der Waals surface area contributed by atoms with Crippen molar-refractivity contribution >= 4 is 28.8 Å². The van der Waals surface area contributed by atoms with Crippen LogP contribution in [0.2, 0.25) is 0 Å². The van der Waals surface area contributed by atoms with E-state index in [9.17, 15) is 19.1 Å². The average Bonchev–Trinajstić information content (AvgIpc) is 3.06. The Kier molecular flexibility index (Phi) is 5.04. The van der Waals surface area contributed by atoms with Crippen LogP contribution in [0.25, 0.3) is 22.6 Å². The maximum absolute atomic E-state index is 14.5. The van der Waals surface area contributed by atoms with Gasteiger partial charge in [-0.05, 0) is 56.2 Å². The molecule has 3 aromatic rings. The van der Waals surface area contributed by atoms with Gasteiger partial charge in [-0.25, -0.2) is 19.0 Å². The van der Waals surface area contributed by atoms with Gasteiger partial charge in [0.15, 0.2) is 5.58 Å². The highest BCUT2D eigenvalue weighted by atomic mass is 19.1. The van der Waals surface area contributed by atoms with Crippen LogP contribution in [0.3, 0.4) is 0 Å². The number of hydrogen-bond acceptors (Lipinski definition) is 4. The second-order valence-corrected chi connectivity index (χ2v) is 6.75. The Morgan fingerprint density at radius 3 is 2.64 bits per heavy atom. The number of oxazole rings is 1. The van der Waals surface area contributed by atoms with Crippen molar-refractivity contribution in [3.8, 4) is 11.5 Å². The van der Waals surface area contributed by atoms with E-state index in [2.05, 4.69) is 15.6 Å². The molecule has 1 aromatic heterocycles. The van der Waals surface area contributed by atoms with E-state index >= 15 is 0 Å². The molecule has 0 saturated heterocycles. The van der Waals surface area contributed by atoms with Gasteiger partial charge in [-0.3, -0.25) is 0 Å². The third-order valence-corrected chi connectivity index (χ3v) is 4.58. The molecule has 3 N–H and O–H groups in total. The highest BCUT2D eigenvalue weighted by molar-refractivity contribution is 5.94. The number of aromatic nitrogens is 1. The van der Waals surface area contributed by atoms with E-state index in [0.29, 0.717) is 16.7 Å². The fraction of sp³-hybridized carbons (Fsp3) is 0.250. The zero-order valence-electron chi connectivity index (χ0n) is 15.7. The summed E-state index contributed by atoms with van der Waals surface area (Å²) >= 11 is 0. The molecule has 1 atom stereocenters. The Morgan fingerprint density at radius 1 is 1.25 bits per heavy atom. The minimum Gasteiger partial charge on any atom is -0.480 e. The molecular formula is C20H20FN3O4. The third kappa shape index (κ3) is 3.80. The second kappa shape index (κ2) is 7.30. The molecule has 7 nitrogen and oxygen atoms in total. The highest BCUT2D eigenvalue weighted by Crippen LogP contribution is 2.27. The van der Waals surface area contributed by atoms with E-state index in [1.807, 2.05) is 19.1 Å². The van der Waals surface area contributed by atoms with Crippen LogP contribution in [-0.2, 0) is 4.79 Å². The number of nitrogens with one attached hydrogen (secondary N) is 2. The van der Waals surface area contributed by atoms with Gasteiger partial charge in [0.05, 0.1) is 5.69 Å². The van der Waals surface area contributed by atoms with Crippen molar-refractivity contribution in [2.45, 2.75) is 32.7 Å². The Hall–Kier alpha value is -3.42. The molecule has 0 aliphatic carbocycles. The zero-order chi connectivity index (χ0) is 20.5. The molecular weight excluding hydrogens is 365 g/mol. The SMILES string of the molecule is CCC(C)(NC(=O)Nc1ccc(-c2nc3cc(C)ccc3o2)cc1F)C(=O)O. The number of rotatable bonds is 5. The third-order valence-electron chi connectivity index (χ3n) is 4.58. The molecule has 0 spiro atoms. The van der Waals surface area contributed by atoms with Crippen LogP contribution in [0.4, 0.5) is 14.9 Å². The number of urea groups is 1. The summed E-state index contributed by atoms with van der Waals surface area (Å²) in [5, 5.41) is 13.9. The molecule has 1 unspecified atom stereocenters. The number of carboxylic acid groups (broad SMARTS) is 1. The van der Waals surface area contributed by atoms with Crippen LogP contribution < -0.4 is 10.6 Å². The minimum atomic E-state index is -1.45. The van der Waals surface area contributed by atoms with Gasteiger partial charge in [-0.2, -0.15) is 0 Å². The van der Waals surface area contributed by atoms with E-state index in [-0.39, 0.29) is 18.0 Å². The second-order valence-electron chi connectivity index (χ2n) is 6.75. The summed E-state index contributed by atoms with van der Waals surface area (Å²) in [4.78, 5) is 27.7. The van der Waals surface area contributed by atoms with E-state index in [0.717, 1.165) is 5.56 Å². The predicted molar refractivity (Wildman–Crippen MR) is 103 cm³/mol. The number of hydrogen-bond donors (Lipinski definition) is 3. The van der Waals surface area contributed by atoms with Gasteiger partial charge in [0, 0.05) is 5.56 Å². The summed E-state index contributed by atoms with van der Waals surface area (Å²) in [7, 11) is 0. The lowest BCUT2D eigenvalue weighted by Gasteiger charge is -2.24. The molecule has 1 heterocycles. The summed E-state index contributed by atoms with van der Waals surface area (Å²) < 4.78 is 20.1. The first-order valence-electron chi connectivity index (χ1n) is 8.71. The number of carboxylic acids is 1. The fourth-order valence-corrected chi connectivity index (χ4v) is 2.61. The minimum absolute atomic E-state index is 0.0861. The number of fused-ring (bicyclic) bond motifs is 1. The molecule has 0 aliphatic heterocycles. The van der Waals surface area contributed by atoms with Crippen LogP contribution >= 0.6 is 0 Å². The maximum Gasteiger partial charge on any atom is 0.329 e. The Balaban J connectivity index is 1.80. The zero-order valence-corrected chi connectivity index (χ0v) is 15.7. The lowest BCUT2D eigenvalue weighted by molar-refractivity contribution is -0.143. The molecule has 0 radical (unpaired) electrons. The largest absolute Gasteiger partial charge is 0.480 e. The fourth-order valence-electron chi connectivity index (χ4n) is 2.61. The lowest BCUT2D eigenvalue weighted by atomic mass is 10.00. The van der Waals surface area contributed by atoms with Crippen molar-refractivity contribution in [2.75, 3.05) is 5.32 Å². The van der Waals surface area contributed by atoms with Crippen molar-refractivity contribution in [3.05, 3.63) is 47.8 Å². The number of halogens is 1. The lowest BCUT2D eigenvalue weighted by Crippen LogP contribution is -2.53. The molecule has 0 fully saturated rings. The van der Waals surface area contributed by atoms with E-state index in [1.54, 1.807) is 19.1 Å². The Labute approximate surface area is 160 Å². The van der Waals surface area contributed by atoms with Crippen molar-refractivity contribution in [1.29, 1.82) is 0 Å². The van der Waals surface area contributed by atoms with Crippen LogP contribution in [-0.4, -0.2) is 27.6 Å². The smallest absolute Gasteiger partial charge is 0.329 e. The first-order valence-corrected chi connectivity index (χ1v) is 8.71. The number of carbonyl (C=O) groups excluding carboxylic acids is 1. The molecule has 0 aliphatic rings. The number of anilines is 1. The number of benzene rings is 2. The summed E-state index contributed by atoms with van der Waals surface area (Å²) in [6, 6.07) is 8.88. The van der Waals surface area contributed by atoms with Crippen molar-refractivity contribution < 1.29 is 23.5 Å². The molecule has 0 bridgehead atoms. The van der Waals surface area contributed by atoms with Crippen LogP contribution in [0, 0.1) is 12.7 Å². The van der Waals surface area contributed by atoms with Crippen LogP contribution in [0.1, 0.15) is 25.8 Å². The monoisotopic (exact) mass is 385 g/mol. The average molecular weight is 385 g/mol. The maximum atomic E-state index is 14.5. The van der Waals surface area contributed by atoms with E-state index in [1.165, 1.54) is 19.1 Å². The number of carbonyl (C=O) groups is 2. The van der Waals surface area contributed by atoms with Gasteiger partial charge in [0.25, 0.3) is 0 Å². The van der Waals surface area contributed by atoms with E-state index in [4.69, 9.17) is 4.42 Å². The summed E-state index contributed by atoms with van der Waals surface area (Å²) in [6.45, 7) is 4.95. The standard InChI is InChI=1S/C20H20FN3O4/c1-4-20(3,18(25)26)24-19(27)23-14-7-6-12(10-13(14)21)17-22-15-9-11(2)5-8-16(15)28-17/h5-10H,4H2,1-3H3,(H,25,26)(H2,23,24,27). The quantitative estimate of drug-likeness (QED) is 0.607. The predicted octanol–water partition coefficient (Wildman–Crippen LogP) is 4.32. The van der Waals surface area contributed by atoms with Gasteiger partial charge < -0.3 is 20.2 Å². The van der Waals surface area contributed by atoms with Gasteiger partial charge >= 0.3 is 12.0 Å².